The van der Waals surface area contributed by atoms with E-state index in [0.717, 1.165) is 12.1 Å². The Morgan fingerprint density at radius 2 is 2.05 bits per heavy atom. The summed E-state index contributed by atoms with van der Waals surface area (Å²) in [5, 5.41) is 14.6. The molecule has 0 aromatic heterocycles. The smallest absolute Gasteiger partial charge is 0.311 e. The van der Waals surface area contributed by atoms with Crippen molar-refractivity contribution in [2.45, 2.75) is 52.7 Å². The number of hydrogen-bond acceptors (Lipinski definition) is 4. The Balaban J connectivity index is 2.19. The summed E-state index contributed by atoms with van der Waals surface area (Å²) in [6, 6.07) is 5.45. The highest BCUT2D eigenvalue weighted by Gasteiger charge is 2.29. The summed E-state index contributed by atoms with van der Waals surface area (Å²) in [5.74, 6) is 1.65. The minimum Gasteiger partial charge on any atom is -0.484 e. The quantitative estimate of drug-likeness (QED) is 0.651. The van der Waals surface area contributed by atoms with Crippen LogP contribution in [0.5, 0.6) is 5.75 Å². The van der Waals surface area contributed by atoms with E-state index in [4.69, 9.17) is 4.74 Å². The van der Waals surface area contributed by atoms with Crippen molar-refractivity contribution in [2.24, 2.45) is 11.8 Å². The second-order valence-corrected chi connectivity index (χ2v) is 6.27. The first-order valence-electron chi connectivity index (χ1n) is 7.60. The summed E-state index contributed by atoms with van der Waals surface area (Å²) in [5.41, 5.74) is 0.907. The molecule has 1 fully saturated rings. The van der Waals surface area contributed by atoms with E-state index in [1.807, 2.05) is 13.8 Å². The SMILES string of the molecule is CC(C)Oc1cc(NC2CCC(C)C2C)ccc1[N+](=O)[O-]. The van der Waals surface area contributed by atoms with E-state index in [-0.39, 0.29) is 11.8 Å². The van der Waals surface area contributed by atoms with Crippen LogP contribution in [0.1, 0.15) is 40.5 Å². The van der Waals surface area contributed by atoms with Crippen LogP contribution in [0, 0.1) is 22.0 Å². The Hall–Kier alpha value is -1.78. The lowest BCUT2D eigenvalue weighted by Crippen LogP contribution is -2.24. The van der Waals surface area contributed by atoms with E-state index in [1.165, 1.54) is 12.5 Å². The van der Waals surface area contributed by atoms with Crippen LogP contribution in [-0.4, -0.2) is 17.1 Å². The van der Waals surface area contributed by atoms with Gasteiger partial charge in [-0.3, -0.25) is 10.1 Å². The lowest BCUT2D eigenvalue weighted by molar-refractivity contribution is -0.386. The van der Waals surface area contributed by atoms with Gasteiger partial charge < -0.3 is 10.1 Å². The molecule has 2 rings (SSSR count). The molecule has 3 atom stereocenters. The Bertz CT molecular complexity index is 516. The highest BCUT2D eigenvalue weighted by atomic mass is 16.6. The number of nitrogens with one attached hydrogen (secondary N) is 1. The molecule has 0 amide bonds. The summed E-state index contributed by atoms with van der Waals surface area (Å²) in [6.45, 7) is 8.26. The van der Waals surface area contributed by atoms with Crippen molar-refractivity contribution in [1.29, 1.82) is 0 Å². The monoisotopic (exact) mass is 292 g/mol. The molecule has 0 saturated heterocycles. The molecule has 5 nitrogen and oxygen atoms in total. The maximum absolute atomic E-state index is 11.1. The van der Waals surface area contributed by atoms with Crippen LogP contribution < -0.4 is 10.1 Å². The molecule has 3 unspecified atom stereocenters. The summed E-state index contributed by atoms with van der Waals surface area (Å²) >= 11 is 0. The van der Waals surface area contributed by atoms with Crippen molar-refractivity contribution in [3.63, 3.8) is 0 Å². The van der Waals surface area contributed by atoms with Crippen molar-refractivity contribution in [1.82, 2.24) is 0 Å². The number of hydrogen-bond donors (Lipinski definition) is 1. The number of nitrogens with zero attached hydrogens (tertiary/aromatic N) is 1. The number of ether oxygens (including phenoxy) is 1. The van der Waals surface area contributed by atoms with Crippen molar-refractivity contribution < 1.29 is 9.66 Å². The minimum atomic E-state index is -0.401. The second-order valence-electron chi connectivity index (χ2n) is 6.27. The van der Waals surface area contributed by atoms with E-state index in [1.54, 1.807) is 12.1 Å². The average molecular weight is 292 g/mol. The van der Waals surface area contributed by atoms with Gasteiger partial charge in [0.25, 0.3) is 0 Å². The number of rotatable bonds is 5. The fraction of sp³-hybridized carbons (Fsp3) is 0.625. The van der Waals surface area contributed by atoms with Gasteiger partial charge in [0.05, 0.1) is 11.0 Å². The predicted molar refractivity (Wildman–Crippen MR) is 83.8 cm³/mol. The first-order chi connectivity index (χ1) is 9.88. The molecule has 1 saturated carbocycles. The zero-order chi connectivity index (χ0) is 15.6. The van der Waals surface area contributed by atoms with Gasteiger partial charge in [-0.2, -0.15) is 0 Å². The summed E-state index contributed by atoms with van der Waals surface area (Å²) in [4.78, 5) is 10.7. The van der Waals surface area contributed by atoms with Gasteiger partial charge in [-0.15, -0.1) is 0 Å². The van der Waals surface area contributed by atoms with Crippen LogP contribution in [-0.2, 0) is 0 Å². The number of nitro benzene ring substituents is 1. The zero-order valence-corrected chi connectivity index (χ0v) is 13.1. The van der Waals surface area contributed by atoms with E-state index < -0.39 is 4.92 Å². The summed E-state index contributed by atoms with van der Waals surface area (Å²) < 4.78 is 5.58. The molecule has 1 aliphatic rings. The van der Waals surface area contributed by atoms with Gasteiger partial charge in [0.2, 0.25) is 0 Å². The lowest BCUT2D eigenvalue weighted by atomic mass is 9.97. The third kappa shape index (κ3) is 3.65. The molecule has 1 N–H and O–H groups in total. The van der Waals surface area contributed by atoms with E-state index in [9.17, 15) is 10.1 Å². The number of nitro groups is 1. The third-order valence-corrected chi connectivity index (χ3v) is 4.34. The van der Waals surface area contributed by atoms with Gasteiger partial charge in [0.15, 0.2) is 5.75 Å². The fourth-order valence-electron chi connectivity index (χ4n) is 2.89. The Morgan fingerprint density at radius 1 is 1.33 bits per heavy atom. The Labute approximate surface area is 125 Å². The van der Waals surface area contributed by atoms with E-state index >= 15 is 0 Å². The van der Waals surface area contributed by atoms with Crippen LogP contribution in [0.2, 0.25) is 0 Å². The first-order valence-corrected chi connectivity index (χ1v) is 7.60. The molecule has 0 aliphatic heterocycles. The first kappa shape index (κ1) is 15.6. The topological polar surface area (TPSA) is 64.4 Å². The van der Waals surface area contributed by atoms with Gasteiger partial charge in [0.1, 0.15) is 0 Å². The maximum Gasteiger partial charge on any atom is 0.311 e. The van der Waals surface area contributed by atoms with Gasteiger partial charge in [0, 0.05) is 23.9 Å². The second kappa shape index (κ2) is 6.33. The van der Waals surface area contributed by atoms with Crippen LogP contribution in [0.3, 0.4) is 0 Å². The normalized spacial score (nSPS) is 25.1. The highest BCUT2D eigenvalue weighted by Crippen LogP contribution is 2.36. The number of anilines is 1. The molecular weight excluding hydrogens is 268 g/mol. The van der Waals surface area contributed by atoms with Crippen LogP contribution in [0.4, 0.5) is 11.4 Å². The van der Waals surface area contributed by atoms with E-state index in [2.05, 4.69) is 19.2 Å². The Kier molecular flexibility index (Phi) is 4.70. The third-order valence-electron chi connectivity index (χ3n) is 4.34. The van der Waals surface area contributed by atoms with Gasteiger partial charge in [-0.25, -0.2) is 0 Å². The molecule has 0 spiro atoms. The van der Waals surface area contributed by atoms with Crippen LogP contribution >= 0.6 is 0 Å². The van der Waals surface area contributed by atoms with Crippen molar-refractivity contribution in [3.05, 3.63) is 28.3 Å². The Morgan fingerprint density at radius 3 is 2.57 bits per heavy atom. The molecule has 5 heteroatoms. The van der Waals surface area contributed by atoms with Gasteiger partial charge >= 0.3 is 5.69 Å². The molecule has 1 aromatic rings. The van der Waals surface area contributed by atoms with Gasteiger partial charge in [-0.05, 0) is 44.6 Å². The largest absolute Gasteiger partial charge is 0.484 e. The molecule has 0 bridgehead atoms. The standard InChI is InChI=1S/C16H24N2O3/c1-10(2)21-16-9-13(6-8-15(16)18(19)20)17-14-7-5-11(3)12(14)4/h6,8-12,14,17H,5,7H2,1-4H3. The highest BCUT2D eigenvalue weighted by molar-refractivity contribution is 5.58. The number of benzene rings is 1. The van der Waals surface area contributed by atoms with Gasteiger partial charge in [-0.1, -0.05) is 13.8 Å². The van der Waals surface area contributed by atoms with Crippen molar-refractivity contribution in [2.75, 3.05) is 5.32 Å². The zero-order valence-electron chi connectivity index (χ0n) is 13.1. The molecule has 1 aliphatic carbocycles. The van der Waals surface area contributed by atoms with Crippen LogP contribution in [0.25, 0.3) is 0 Å². The summed E-state index contributed by atoms with van der Waals surface area (Å²) in [6.07, 6.45) is 2.27. The maximum atomic E-state index is 11.1. The molecule has 116 valence electrons. The van der Waals surface area contributed by atoms with E-state index in [0.29, 0.717) is 23.6 Å². The fourth-order valence-corrected chi connectivity index (χ4v) is 2.89. The lowest BCUT2D eigenvalue weighted by Gasteiger charge is -2.21. The predicted octanol–water partition coefficient (Wildman–Crippen LogP) is 4.23. The molecule has 0 heterocycles. The average Bonchev–Trinajstić information content (AvgIpc) is 2.70. The molecule has 21 heavy (non-hydrogen) atoms. The minimum absolute atomic E-state index is 0.0158. The summed E-state index contributed by atoms with van der Waals surface area (Å²) in [7, 11) is 0. The van der Waals surface area contributed by atoms with Crippen molar-refractivity contribution >= 4 is 11.4 Å². The van der Waals surface area contributed by atoms with Crippen LogP contribution in [0.15, 0.2) is 18.2 Å². The molecular formula is C16H24N2O3. The molecule has 1 aromatic carbocycles. The molecule has 0 radical (unpaired) electrons. The van der Waals surface area contributed by atoms with Crippen molar-refractivity contribution in [3.8, 4) is 5.75 Å².